The molecule has 2 aromatic heterocycles. The highest BCUT2D eigenvalue weighted by Crippen LogP contribution is 2.33. The maximum absolute atomic E-state index is 13.8. The molecule has 128 valence electrons. The van der Waals surface area contributed by atoms with Crippen molar-refractivity contribution in [1.29, 1.82) is 0 Å². The average Bonchev–Trinajstić information content (AvgIpc) is 3.01. The van der Waals surface area contributed by atoms with Gasteiger partial charge in [-0.05, 0) is 31.2 Å². The SMILES string of the molecule is CCC1CCc2nc(NC(=O)c3cc(F)cc4nccnc34)sc2C1. The smallest absolute Gasteiger partial charge is 0.259 e. The standard InChI is InChI=1S/C18H17FN4OS/c1-2-10-3-4-13-15(7-10)25-18(22-13)23-17(24)12-8-11(19)9-14-16(12)21-6-5-20-14/h5-6,8-10H,2-4,7H2,1H3,(H,22,23,24). The highest BCUT2D eigenvalue weighted by atomic mass is 32.1. The summed E-state index contributed by atoms with van der Waals surface area (Å²) in [6, 6.07) is 2.46. The number of aryl methyl sites for hydroxylation is 1. The van der Waals surface area contributed by atoms with E-state index < -0.39 is 11.7 Å². The fourth-order valence-electron chi connectivity index (χ4n) is 3.22. The molecule has 0 aliphatic heterocycles. The summed E-state index contributed by atoms with van der Waals surface area (Å²) in [6.07, 6.45) is 7.24. The van der Waals surface area contributed by atoms with E-state index in [2.05, 4.69) is 27.2 Å². The molecule has 0 saturated carbocycles. The predicted octanol–water partition coefficient (Wildman–Crippen LogP) is 3.99. The van der Waals surface area contributed by atoms with Gasteiger partial charge in [0.25, 0.3) is 5.91 Å². The Morgan fingerprint density at radius 1 is 1.36 bits per heavy atom. The van der Waals surface area contributed by atoms with Gasteiger partial charge in [-0.1, -0.05) is 13.3 Å². The van der Waals surface area contributed by atoms with Crippen molar-refractivity contribution in [2.45, 2.75) is 32.6 Å². The number of rotatable bonds is 3. The van der Waals surface area contributed by atoms with E-state index in [9.17, 15) is 9.18 Å². The molecule has 1 N–H and O–H groups in total. The molecule has 4 rings (SSSR count). The second-order valence-electron chi connectivity index (χ2n) is 6.24. The van der Waals surface area contributed by atoms with Crippen LogP contribution in [0, 0.1) is 11.7 Å². The lowest BCUT2D eigenvalue weighted by molar-refractivity contribution is 0.102. The van der Waals surface area contributed by atoms with E-state index in [4.69, 9.17) is 0 Å². The van der Waals surface area contributed by atoms with Crippen molar-refractivity contribution < 1.29 is 9.18 Å². The van der Waals surface area contributed by atoms with Crippen LogP contribution in [0.5, 0.6) is 0 Å². The first-order valence-corrected chi connectivity index (χ1v) is 9.16. The van der Waals surface area contributed by atoms with Crippen LogP contribution < -0.4 is 5.32 Å². The number of amides is 1. The summed E-state index contributed by atoms with van der Waals surface area (Å²) in [5.41, 5.74) is 1.99. The quantitative estimate of drug-likeness (QED) is 0.770. The normalized spacial score (nSPS) is 16.6. The second kappa shape index (κ2) is 6.48. The van der Waals surface area contributed by atoms with Gasteiger partial charge < -0.3 is 0 Å². The van der Waals surface area contributed by atoms with E-state index in [1.807, 2.05) is 0 Å². The second-order valence-corrected chi connectivity index (χ2v) is 7.32. The number of carbonyl (C=O) groups is 1. The van der Waals surface area contributed by atoms with Crippen LogP contribution in [0.25, 0.3) is 11.0 Å². The Morgan fingerprint density at radius 3 is 3.04 bits per heavy atom. The number of thiazole rings is 1. The Bertz CT molecular complexity index is 955. The number of hydrogen-bond acceptors (Lipinski definition) is 5. The summed E-state index contributed by atoms with van der Waals surface area (Å²) in [4.78, 5) is 26.7. The number of nitrogens with zero attached hydrogens (tertiary/aromatic N) is 3. The van der Waals surface area contributed by atoms with Crippen molar-refractivity contribution in [2.75, 3.05) is 5.32 Å². The summed E-state index contributed by atoms with van der Waals surface area (Å²) in [5, 5.41) is 3.36. The number of carbonyl (C=O) groups excluding carboxylic acids is 1. The van der Waals surface area contributed by atoms with E-state index in [1.165, 1.54) is 40.7 Å². The van der Waals surface area contributed by atoms with Crippen molar-refractivity contribution in [3.63, 3.8) is 0 Å². The minimum absolute atomic E-state index is 0.169. The highest BCUT2D eigenvalue weighted by Gasteiger charge is 2.23. The third kappa shape index (κ3) is 3.11. The van der Waals surface area contributed by atoms with E-state index in [1.54, 1.807) is 0 Å². The predicted molar refractivity (Wildman–Crippen MR) is 95.4 cm³/mol. The van der Waals surface area contributed by atoms with Crippen LogP contribution in [-0.4, -0.2) is 20.9 Å². The molecule has 5 nitrogen and oxygen atoms in total. The Balaban J connectivity index is 1.62. The lowest BCUT2D eigenvalue weighted by Crippen LogP contribution is -2.13. The Labute approximate surface area is 148 Å². The average molecular weight is 356 g/mol. The molecule has 0 spiro atoms. The van der Waals surface area contributed by atoms with Crippen molar-refractivity contribution in [1.82, 2.24) is 15.0 Å². The molecular formula is C18H17FN4OS. The zero-order chi connectivity index (χ0) is 17.4. The van der Waals surface area contributed by atoms with Crippen LogP contribution >= 0.6 is 11.3 Å². The fourth-order valence-corrected chi connectivity index (χ4v) is 4.34. The summed E-state index contributed by atoms with van der Waals surface area (Å²) in [5.74, 6) is -0.232. The number of anilines is 1. The van der Waals surface area contributed by atoms with Crippen molar-refractivity contribution in [3.8, 4) is 0 Å². The van der Waals surface area contributed by atoms with Gasteiger partial charge in [-0.3, -0.25) is 20.1 Å². The third-order valence-corrected chi connectivity index (χ3v) is 5.66. The Hall–Kier alpha value is -2.41. The molecule has 3 aromatic rings. The molecule has 1 amide bonds. The molecule has 1 atom stereocenters. The third-order valence-electron chi connectivity index (χ3n) is 4.62. The first-order chi connectivity index (χ1) is 12.1. The molecule has 1 aliphatic rings. The maximum Gasteiger partial charge on any atom is 0.259 e. The maximum atomic E-state index is 13.8. The van der Waals surface area contributed by atoms with Crippen LogP contribution in [-0.2, 0) is 12.8 Å². The Morgan fingerprint density at radius 2 is 2.20 bits per heavy atom. The van der Waals surface area contributed by atoms with Crippen LogP contribution in [0.2, 0.25) is 0 Å². The first-order valence-electron chi connectivity index (χ1n) is 8.34. The fraction of sp³-hybridized carbons (Fsp3) is 0.333. The Kier molecular flexibility index (Phi) is 4.17. The van der Waals surface area contributed by atoms with Crippen molar-refractivity contribution >= 4 is 33.4 Å². The van der Waals surface area contributed by atoms with Gasteiger partial charge in [0.1, 0.15) is 11.3 Å². The van der Waals surface area contributed by atoms with Gasteiger partial charge in [0.05, 0.1) is 16.8 Å². The molecular weight excluding hydrogens is 339 g/mol. The summed E-state index contributed by atoms with van der Waals surface area (Å²) >= 11 is 1.51. The number of halogens is 1. The van der Waals surface area contributed by atoms with E-state index in [-0.39, 0.29) is 5.56 Å². The van der Waals surface area contributed by atoms with Gasteiger partial charge in [0.15, 0.2) is 5.13 Å². The van der Waals surface area contributed by atoms with Gasteiger partial charge in [0.2, 0.25) is 0 Å². The zero-order valence-electron chi connectivity index (χ0n) is 13.8. The monoisotopic (exact) mass is 356 g/mol. The number of fused-ring (bicyclic) bond motifs is 2. The lowest BCUT2D eigenvalue weighted by atomic mass is 9.89. The molecule has 0 saturated heterocycles. The van der Waals surface area contributed by atoms with Crippen LogP contribution in [0.1, 0.15) is 40.7 Å². The topological polar surface area (TPSA) is 67.8 Å². The molecule has 1 aromatic carbocycles. The number of hydrogen-bond donors (Lipinski definition) is 1. The molecule has 0 fully saturated rings. The van der Waals surface area contributed by atoms with E-state index in [0.29, 0.717) is 22.1 Å². The molecule has 1 unspecified atom stereocenters. The van der Waals surface area contributed by atoms with Crippen LogP contribution in [0.4, 0.5) is 9.52 Å². The molecule has 2 heterocycles. The molecule has 0 bridgehead atoms. The molecule has 7 heteroatoms. The van der Waals surface area contributed by atoms with Crippen molar-refractivity contribution in [2.24, 2.45) is 5.92 Å². The van der Waals surface area contributed by atoms with Gasteiger partial charge in [-0.15, -0.1) is 11.3 Å². The summed E-state index contributed by atoms with van der Waals surface area (Å²) in [7, 11) is 0. The first kappa shape index (κ1) is 16.1. The van der Waals surface area contributed by atoms with Crippen LogP contribution in [0.15, 0.2) is 24.5 Å². The molecule has 0 radical (unpaired) electrons. The molecule has 25 heavy (non-hydrogen) atoms. The number of nitrogens with one attached hydrogen (secondary N) is 1. The van der Waals surface area contributed by atoms with Crippen LogP contribution in [0.3, 0.4) is 0 Å². The number of aromatic nitrogens is 3. The van der Waals surface area contributed by atoms with Gasteiger partial charge in [0, 0.05) is 23.3 Å². The largest absolute Gasteiger partial charge is 0.298 e. The van der Waals surface area contributed by atoms with E-state index >= 15 is 0 Å². The van der Waals surface area contributed by atoms with E-state index in [0.717, 1.165) is 31.4 Å². The summed E-state index contributed by atoms with van der Waals surface area (Å²) in [6.45, 7) is 2.20. The van der Waals surface area contributed by atoms with Gasteiger partial charge in [-0.2, -0.15) is 0 Å². The number of benzene rings is 1. The van der Waals surface area contributed by atoms with Crippen molar-refractivity contribution in [3.05, 3.63) is 46.5 Å². The van der Waals surface area contributed by atoms with Gasteiger partial charge >= 0.3 is 0 Å². The minimum atomic E-state index is -0.512. The minimum Gasteiger partial charge on any atom is -0.298 e. The highest BCUT2D eigenvalue weighted by molar-refractivity contribution is 7.15. The molecule has 1 aliphatic carbocycles. The summed E-state index contributed by atoms with van der Waals surface area (Å²) < 4.78 is 13.8. The zero-order valence-corrected chi connectivity index (χ0v) is 14.6. The van der Waals surface area contributed by atoms with Gasteiger partial charge in [-0.25, -0.2) is 9.37 Å². The lowest BCUT2D eigenvalue weighted by Gasteiger charge is -2.18.